The Hall–Kier alpha value is -2.32. The quantitative estimate of drug-likeness (QED) is 0.179. The lowest BCUT2D eigenvalue weighted by Gasteiger charge is -2.46. The molecule has 44 heavy (non-hydrogen) atoms. The van der Waals surface area contributed by atoms with Gasteiger partial charge in [-0.15, -0.1) is 22.7 Å². The van der Waals surface area contributed by atoms with Crippen molar-refractivity contribution in [3.63, 3.8) is 0 Å². The second-order valence-electron chi connectivity index (χ2n) is 12.0. The highest BCUT2D eigenvalue weighted by atomic mass is 32.2. The topological polar surface area (TPSA) is 0 Å². The van der Waals surface area contributed by atoms with Crippen LogP contribution in [-0.4, -0.2) is 0 Å². The molecule has 4 heterocycles. The summed E-state index contributed by atoms with van der Waals surface area (Å²) in [6.45, 7) is 8.91. The van der Waals surface area contributed by atoms with Gasteiger partial charge in [0.1, 0.15) is 8.16 Å². The second-order valence-corrected chi connectivity index (χ2v) is 19.3. The highest BCUT2D eigenvalue weighted by molar-refractivity contribution is 8.26. The standard InChI is InChI=1S/C38H28S6/c1-21-13-22(2)16-25(15-21)27-19-39-35-33(27)34-28(26-17-23(3)14-24(4)18-26)20-40-36(34)38(43-31-11-7-8-12-32(31)44-38)37(35)41-29-9-5-6-10-30(29)42-37/h5-20H,1-4H3. The average Bonchev–Trinajstić information content (AvgIpc) is 3.77. The minimum absolute atomic E-state index is 0.209. The largest absolute Gasteiger partial charge is 0.145 e. The van der Waals surface area contributed by atoms with Crippen molar-refractivity contribution in [1.29, 1.82) is 0 Å². The number of aryl methyl sites for hydroxylation is 4. The first-order chi connectivity index (χ1) is 21.3. The highest BCUT2D eigenvalue weighted by Crippen LogP contribution is 2.84. The van der Waals surface area contributed by atoms with E-state index < -0.39 is 0 Å². The second kappa shape index (κ2) is 10.1. The zero-order chi connectivity index (χ0) is 29.8. The van der Waals surface area contributed by atoms with Crippen LogP contribution in [0.15, 0.2) is 115 Å². The maximum Gasteiger partial charge on any atom is 0.134 e. The van der Waals surface area contributed by atoms with Crippen molar-refractivity contribution < 1.29 is 0 Å². The van der Waals surface area contributed by atoms with E-state index in [4.69, 9.17) is 0 Å². The van der Waals surface area contributed by atoms with E-state index in [2.05, 4.69) is 170 Å². The number of thiophene rings is 2. The third-order valence-electron chi connectivity index (χ3n) is 8.64. The normalized spacial score (nSPS) is 16.6. The summed E-state index contributed by atoms with van der Waals surface area (Å²) in [7, 11) is 0. The van der Waals surface area contributed by atoms with E-state index in [1.807, 2.05) is 22.7 Å². The summed E-state index contributed by atoms with van der Waals surface area (Å²) in [4.78, 5) is 8.60. The summed E-state index contributed by atoms with van der Waals surface area (Å²) in [6.07, 6.45) is 0. The van der Waals surface area contributed by atoms with Gasteiger partial charge in [0, 0.05) is 51.6 Å². The molecule has 2 spiro atoms. The molecule has 1 aliphatic carbocycles. The van der Waals surface area contributed by atoms with E-state index in [-0.39, 0.29) is 8.16 Å². The van der Waals surface area contributed by atoms with Crippen LogP contribution in [0, 0.1) is 27.7 Å². The van der Waals surface area contributed by atoms with E-state index in [0.717, 1.165) is 0 Å². The molecule has 0 amide bonds. The molecule has 0 radical (unpaired) electrons. The molecule has 3 aliphatic rings. The molecular formula is C38H28S6. The lowest BCUT2D eigenvalue weighted by atomic mass is 9.85. The maximum absolute atomic E-state index is 2.47. The van der Waals surface area contributed by atoms with E-state index in [9.17, 15) is 0 Å². The molecule has 0 nitrogen and oxygen atoms in total. The molecule has 0 saturated heterocycles. The fourth-order valence-corrected chi connectivity index (χ4v) is 17.8. The van der Waals surface area contributed by atoms with Gasteiger partial charge in [-0.1, -0.05) is 130 Å². The SMILES string of the molecule is Cc1cc(C)cc(-c2csc3c2-c2c(-c4cc(C)cc(C)c4)csc2C2(Sc4ccccc4S2)C32Sc3ccccc3S2)c1. The fourth-order valence-electron chi connectivity index (χ4n) is 7.03. The number of hydrogen-bond donors (Lipinski definition) is 0. The van der Waals surface area contributed by atoms with Gasteiger partial charge in [0.05, 0.1) is 0 Å². The number of hydrogen-bond acceptors (Lipinski definition) is 6. The van der Waals surface area contributed by atoms with Crippen LogP contribution in [-0.2, 0) is 8.16 Å². The number of rotatable bonds is 2. The van der Waals surface area contributed by atoms with Gasteiger partial charge in [-0.3, -0.25) is 0 Å². The van der Waals surface area contributed by atoms with Crippen LogP contribution in [0.25, 0.3) is 33.4 Å². The van der Waals surface area contributed by atoms with Crippen LogP contribution in [0.5, 0.6) is 0 Å². The van der Waals surface area contributed by atoms with Gasteiger partial charge >= 0.3 is 0 Å². The smallest absolute Gasteiger partial charge is 0.134 e. The van der Waals surface area contributed by atoms with Crippen molar-refractivity contribution in [1.82, 2.24) is 0 Å². The Morgan fingerprint density at radius 3 is 1.07 bits per heavy atom. The number of thioether (sulfide) groups is 4. The number of fused-ring (bicyclic) bond motifs is 8. The van der Waals surface area contributed by atoms with E-state index in [1.165, 1.54) is 85.0 Å². The first-order valence-corrected chi connectivity index (χ1v) is 19.7. The Balaban J connectivity index is 1.39. The molecule has 0 N–H and O–H groups in total. The van der Waals surface area contributed by atoms with Crippen molar-refractivity contribution in [2.45, 2.75) is 55.4 Å². The third kappa shape index (κ3) is 3.94. The molecule has 4 aromatic carbocycles. The van der Waals surface area contributed by atoms with Crippen LogP contribution in [0.1, 0.15) is 32.0 Å². The van der Waals surface area contributed by atoms with E-state index >= 15 is 0 Å². The molecule has 6 aromatic rings. The fraction of sp³-hybridized carbons (Fsp3) is 0.158. The first-order valence-electron chi connectivity index (χ1n) is 14.7. The van der Waals surface area contributed by atoms with Gasteiger partial charge in [-0.05, 0) is 73.8 Å². The molecule has 0 atom stereocenters. The Kier molecular flexibility index (Phi) is 6.41. The summed E-state index contributed by atoms with van der Waals surface area (Å²) in [5, 5.41) is 4.93. The molecule has 6 heteroatoms. The monoisotopic (exact) mass is 676 g/mol. The first kappa shape index (κ1) is 27.9. The van der Waals surface area contributed by atoms with E-state index in [0.29, 0.717) is 0 Å². The van der Waals surface area contributed by atoms with Gasteiger partial charge in [-0.25, -0.2) is 0 Å². The predicted molar refractivity (Wildman–Crippen MR) is 197 cm³/mol. The summed E-state index contributed by atoms with van der Waals surface area (Å²) >= 11 is 12.3. The lowest BCUT2D eigenvalue weighted by Crippen LogP contribution is -2.39. The average molecular weight is 677 g/mol. The molecule has 0 unspecified atom stereocenters. The molecule has 9 rings (SSSR count). The predicted octanol–water partition coefficient (Wildman–Crippen LogP) is 13.2. The molecule has 2 aromatic heterocycles. The Morgan fingerprint density at radius 2 is 0.750 bits per heavy atom. The van der Waals surface area contributed by atoms with Crippen molar-refractivity contribution in [3.8, 4) is 33.4 Å². The minimum atomic E-state index is -0.209. The van der Waals surface area contributed by atoms with Crippen LogP contribution in [0.3, 0.4) is 0 Å². The molecule has 0 bridgehead atoms. The zero-order valence-corrected chi connectivity index (χ0v) is 29.6. The van der Waals surface area contributed by atoms with E-state index in [1.54, 1.807) is 0 Å². The molecule has 0 fully saturated rings. The zero-order valence-electron chi connectivity index (χ0n) is 24.7. The van der Waals surface area contributed by atoms with Crippen molar-refractivity contribution in [2.75, 3.05) is 0 Å². The third-order valence-corrected chi connectivity index (χ3v) is 18.6. The summed E-state index contributed by atoms with van der Waals surface area (Å²) < 4.78 is -0.417. The van der Waals surface area contributed by atoms with Crippen LogP contribution < -0.4 is 0 Å². The Labute approximate surface area is 284 Å². The number of benzene rings is 4. The van der Waals surface area contributed by atoms with Crippen molar-refractivity contribution >= 4 is 69.7 Å². The van der Waals surface area contributed by atoms with Gasteiger partial charge in [0.15, 0.2) is 0 Å². The molecule has 0 saturated carbocycles. The van der Waals surface area contributed by atoms with Crippen LogP contribution in [0.2, 0.25) is 0 Å². The summed E-state index contributed by atoms with van der Waals surface area (Å²) in [5.41, 5.74) is 13.6. The summed E-state index contributed by atoms with van der Waals surface area (Å²) in [5.74, 6) is 0. The molecular weight excluding hydrogens is 649 g/mol. The lowest BCUT2D eigenvalue weighted by molar-refractivity contribution is 0.813. The van der Waals surface area contributed by atoms with Crippen molar-refractivity contribution in [3.05, 3.63) is 128 Å². The minimum Gasteiger partial charge on any atom is -0.145 e. The van der Waals surface area contributed by atoms with Crippen LogP contribution >= 0.6 is 69.7 Å². The molecule has 2 aliphatic heterocycles. The Morgan fingerprint density at radius 1 is 0.432 bits per heavy atom. The van der Waals surface area contributed by atoms with Gasteiger partial charge in [0.25, 0.3) is 0 Å². The van der Waals surface area contributed by atoms with Gasteiger partial charge < -0.3 is 0 Å². The van der Waals surface area contributed by atoms with Gasteiger partial charge in [0.2, 0.25) is 0 Å². The van der Waals surface area contributed by atoms with Gasteiger partial charge in [-0.2, -0.15) is 0 Å². The molecule has 216 valence electrons. The highest BCUT2D eigenvalue weighted by Gasteiger charge is 2.67. The van der Waals surface area contributed by atoms with Crippen LogP contribution in [0.4, 0.5) is 0 Å². The van der Waals surface area contributed by atoms with Crippen molar-refractivity contribution in [2.24, 2.45) is 0 Å². The Bertz CT molecular complexity index is 1900. The maximum atomic E-state index is 2.47. The summed E-state index contributed by atoms with van der Waals surface area (Å²) in [6, 6.07) is 32.2.